The summed E-state index contributed by atoms with van der Waals surface area (Å²) in [6, 6.07) is 0. The van der Waals surface area contributed by atoms with E-state index in [1.54, 1.807) is 0 Å². The lowest BCUT2D eigenvalue weighted by molar-refractivity contribution is 0.601. The van der Waals surface area contributed by atoms with Crippen LogP contribution in [0.25, 0.3) is 0 Å². The van der Waals surface area contributed by atoms with Crippen LogP contribution in [-0.4, -0.2) is 22.7 Å². The summed E-state index contributed by atoms with van der Waals surface area (Å²) in [5.74, 6) is 0. The fraction of sp³-hybridized carbons (Fsp3) is 1.00. The van der Waals surface area contributed by atoms with Crippen molar-refractivity contribution in [2.45, 2.75) is 83.0 Å². The average molecular weight is 274 g/mol. The van der Waals surface area contributed by atoms with Gasteiger partial charge in [-0.15, -0.1) is 0 Å². The summed E-state index contributed by atoms with van der Waals surface area (Å²) in [4.78, 5) is 0. The topological polar surface area (TPSA) is 26.0 Å². The zero-order chi connectivity index (χ0) is 13.5. The fourth-order valence-electron chi connectivity index (χ4n) is 3.19. The van der Waals surface area contributed by atoms with Crippen LogP contribution in [-0.2, 0) is 0 Å². The van der Waals surface area contributed by atoms with Gasteiger partial charge in [-0.25, -0.2) is 0 Å². The molecule has 0 heterocycles. The molecule has 0 atom stereocenters. The van der Waals surface area contributed by atoms with Gasteiger partial charge in [-0.2, -0.15) is 0 Å². The summed E-state index contributed by atoms with van der Waals surface area (Å²) in [7, 11) is -1.91. The molecule has 0 saturated carbocycles. The molecule has 1 nitrogen and oxygen atoms in total. The van der Waals surface area contributed by atoms with Crippen molar-refractivity contribution in [3.8, 4) is 0 Å². The van der Waals surface area contributed by atoms with Gasteiger partial charge in [0.05, 0.1) is 0 Å². The maximum absolute atomic E-state index is 5.52. The lowest BCUT2D eigenvalue weighted by Gasteiger charge is -2.38. The van der Waals surface area contributed by atoms with E-state index in [4.69, 9.17) is 5.73 Å². The molecule has 0 spiro atoms. The third-order valence-corrected chi connectivity index (χ3v) is 13.7. The summed E-state index contributed by atoms with van der Waals surface area (Å²) in [5, 5.41) is 1.09. The predicted molar refractivity (Wildman–Crippen MR) is 87.2 cm³/mol. The molecule has 0 amide bonds. The van der Waals surface area contributed by atoms with E-state index in [0.717, 1.165) is 11.7 Å². The molecular weight excluding hydrogens is 238 g/mol. The van der Waals surface area contributed by atoms with Gasteiger partial charge in [0.25, 0.3) is 0 Å². The van der Waals surface area contributed by atoms with Gasteiger partial charge in [0.1, 0.15) is 0 Å². The predicted octanol–water partition coefficient (Wildman–Crippen LogP) is 4.87. The minimum absolute atomic E-state index is 0.867. The minimum atomic E-state index is -0.956. The third-order valence-electron chi connectivity index (χ3n) is 3.79. The number of hydrogen-bond donors (Lipinski definition) is 1. The Labute approximate surface area is 112 Å². The van der Waals surface area contributed by atoms with E-state index in [9.17, 15) is 0 Å². The van der Waals surface area contributed by atoms with Crippen LogP contribution in [0.3, 0.4) is 0 Å². The van der Waals surface area contributed by atoms with Crippen molar-refractivity contribution in [3.05, 3.63) is 0 Å². The second-order valence-electron chi connectivity index (χ2n) is 7.63. The summed E-state index contributed by atoms with van der Waals surface area (Å²) in [6.07, 6.45) is 8.30. The Morgan fingerprint density at radius 3 is 1.53 bits per heavy atom. The molecule has 0 fully saturated rings. The molecule has 0 saturated heterocycles. The van der Waals surface area contributed by atoms with Gasteiger partial charge in [-0.05, 0) is 13.0 Å². The van der Waals surface area contributed by atoms with Gasteiger partial charge in [-0.3, -0.25) is 0 Å². The summed E-state index contributed by atoms with van der Waals surface area (Å²) in [6.45, 7) is 16.2. The Morgan fingerprint density at radius 1 is 0.706 bits per heavy atom. The highest BCUT2D eigenvalue weighted by Gasteiger charge is 2.36. The van der Waals surface area contributed by atoms with Gasteiger partial charge in [0, 0.05) is 16.1 Å². The zero-order valence-corrected chi connectivity index (χ0v) is 15.1. The van der Waals surface area contributed by atoms with Crippen molar-refractivity contribution in [3.63, 3.8) is 0 Å². The SMILES string of the molecule is C[Si](C)(C)C(CCCCCCCN)[Si](C)(C)C. The molecule has 2 N–H and O–H groups in total. The first-order valence-corrected chi connectivity index (χ1v) is 14.5. The van der Waals surface area contributed by atoms with Crippen molar-refractivity contribution in [2.75, 3.05) is 6.54 Å². The van der Waals surface area contributed by atoms with Crippen molar-refractivity contribution >= 4 is 16.1 Å². The fourth-order valence-corrected chi connectivity index (χ4v) is 15.7. The van der Waals surface area contributed by atoms with Crippen molar-refractivity contribution < 1.29 is 0 Å². The van der Waals surface area contributed by atoms with E-state index in [2.05, 4.69) is 39.3 Å². The number of hydrogen-bond acceptors (Lipinski definition) is 1. The molecule has 104 valence electrons. The number of rotatable bonds is 9. The van der Waals surface area contributed by atoms with Gasteiger partial charge in [0.15, 0.2) is 0 Å². The van der Waals surface area contributed by atoms with Crippen molar-refractivity contribution in [1.82, 2.24) is 0 Å². The van der Waals surface area contributed by atoms with E-state index in [1.807, 2.05) is 0 Å². The van der Waals surface area contributed by atoms with Crippen LogP contribution >= 0.6 is 0 Å². The average Bonchev–Trinajstić information content (AvgIpc) is 2.12. The molecule has 3 heteroatoms. The normalized spacial score (nSPS) is 13.4. The monoisotopic (exact) mass is 273 g/mol. The van der Waals surface area contributed by atoms with Crippen LogP contribution < -0.4 is 5.73 Å². The molecule has 0 aromatic heterocycles. The lowest BCUT2D eigenvalue weighted by Crippen LogP contribution is -2.43. The van der Waals surface area contributed by atoms with Crippen molar-refractivity contribution in [2.24, 2.45) is 5.73 Å². The smallest absolute Gasteiger partial charge is 0.0447 e. The molecule has 0 rings (SSSR count). The molecule has 0 unspecified atom stereocenters. The van der Waals surface area contributed by atoms with Crippen LogP contribution in [0.1, 0.15) is 38.5 Å². The second-order valence-corrected chi connectivity index (χ2v) is 19.1. The highest BCUT2D eigenvalue weighted by molar-refractivity contribution is 6.96. The van der Waals surface area contributed by atoms with Crippen LogP contribution in [0.15, 0.2) is 0 Å². The van der Waals surface area contributed by atoms with E-state index in [1.165, 1.54) is 38.5 Å². The Kier molecular flexibility index (Phi) is 7.93. The maximum atomic E-state index is 5.52. The first-order chi connectivity index (χ1) is 7.69. The van der Waals surface area contributed by atoms with E-state index in [0.29, 0.717) is 0 Å². The Hall–Kier alpha value is 0.394. The molecule has 0 aliphatic heterocycles. The second kappa shape index (κ2) is 7.75. The molecule has 0 aliphatic rings. The van der Waals surface area contributed by atoms with E-state index >= 15 is 0 Å². The maximum Gasteiger partial charge on any atom is 0.0447 e. The molecule has 0 bridgehead atoms. The molecule has 0 aliphatic carbocycles. The summed E-state index contributed by atoms with van der Waals surface area (Å²) < 4.78 is 0. The van der Waals surface area contributed by atoms with Crippen LogP contribution in [0.4, 0.5) is 0 Å². The molecule has 0 radical (unpaired) electrons. The van der Waals surface area contributed by atoms with Gasteiger partial charge in [0.2, 0.25) is 0 Å². The molecule has 0 aromatic rings. The van der Waals surface area contributed by atoms with Gasteiger partial charge in [-0.1, -0.05) is 76.6 Å². The van der Waals surface area contributed by atoms with E-state index < -0.39 is 16.1 Å². The van der Waals surface area contributed by atoms with E-state index in [-0.39, 0.29) is 0 Å². The van der Waals surface area contributed by atoms with Crippen LogP contribution in [0.5, 0.6) is 0 Å². The van der Waals surface area contributed by atoms with Crippen molar-refractivity contribution in [1.29, 1.82) is 0 Å². The number of nitrogens with two attached hydrogens (primary N) is 1. The first kappa shape index (κ1) is 17.4. The molecule has 17 heavy (non-hydrogen) atoms. The summed E-state index contributed by atoms with van der Waals surface area (Å²) in [5.41, 5.74) is 5.52. The van der Waals surface area contributed by atoms with Gasteiger partial charge >= 0.3 is 0 Å². The van der Waals surface area contributed by atoms with Crippen LogP contribution in [0.2, 0.25) is 44.4 Å². The quantitative estimate of drug-likeness (QED) is 0.471. The minimum Gasteiger partial charge on any atom is -0.330 e. The molecular formula is C14H35NSi2. The standard InChI is InChI=1S/C14H35NSi2/c1-16(2,3)14(17(4,5)6)12-10-8-7-9-11-13-15/h14H,7-13,15H2,1-6H3. The Balaban J connectivity index is 3.95. The molecule has 0 aromatic carbocycles. The largest absolute Gasteiger partial charge is 0.330 e. The Morgan fingerprint density at radius 2 is 1.12 bits per heavy atom. The highest BCUT2D eigenvalue weighted by atomic mass is 28.4. The van der Waals surface area contributed by atoms with Crippen LogP contribution in [0, 0.1) is 0 Å². The first-order valence-electron chi connectivity index (χ1n) is 7.39. The third kappa shape index (κ3) is 8.17. The lowest BCUT2D eigenvalue weighted by atomic mass is 10.1. The Bertz CT molecular complexity index is 177. The summed E-state index contributed by atoms with van der Waals surface area (Å²) >= 11 is 0. The van der Waals surface area contributed by atoms with Gasteiger partial charge < -0.3 is 5.73 Å². The highest BCUT2D eigenvalue weighted by Crippen LogP contribution is 2.36. The zero-order valence-electron chi connectivity index (χ0n) is 13.1. The number of unbranched alkanes of at least 4 members (excludes halogenated alkanes) is 4.